The van der Waals surface area contributed by atoms with Gasteiger partial charge in [-0.15, -0.1) is 0 Å². The zero-order valence-electron chi connectivity index (χ0n) is 19.7. The number of piperidine rings is 1. The van der Waals surface area contributed by atoms with Crippen molar-refractivity contribution in [1.29, 1.82) is 0 Å². The summed E-state index contributed by atoms with van der Waals surface area (Å²) in [5, 5.41) is 21.0. The van der Waals surface area contributed by atoms with Crippen LogP contribution in [0.25, 0.3) is 0 Å². The van der Waals surface area contributed by atoms with Crippen LogP contribution in [0.15, 0.2) is 91.0 Å². The normalized spacial score (nSPS) is 21.6. The van der Waals surface area contributed by atoms with Crippen molar-refractivity contribution in [3.8, 4) is 0 Å². The minimum Gasteiger partial charge on any atom is -0.480 e. The minimum absolute atomic E-state index is 0.0257. The van der Waals surface area contributed by atoms with E-state index in [0.29, 0.717) is 0 Å². The molecule has 1 heterocycles. The average Bonchev–Trinajstić information content (AvgIpc) is 2.91. The molecule has 2 N–H and O–H groups in total. The number of aliphatic carboxylic acids is 1. The number of rotatable bonds is 9. The molecule has 0 saturated carbocycles. The number of hydrogen-bond acceptors (Lipinski definition) is 6. The van der Waals surface area contributed by atoms with Crippen molar-refractivity contribution in [2.75, 3.05) is 6.54 Å². The minimum atomic E-state index is -1.55. The number of benzene rings is 3. The number of hydrogen-bond donors (Lipinski definition) is 2. The highest BCUT2D eigenvalue weighted by Gasteiger charge is 2.50. The van der Waals surface area contributed by atoms with Crippen molar-refractivity contribution in [2.24, 2.45) is 0 Å². The number of carbonyl (C=O) groups excluding carboxylic acids is 1. The lowest BCUT2D eigenvalue weighted by Gasteiger charge is -2.44. The number of aliphatic hydroxyl groups is 1. The largest absolute Gasteiger partial charge is 0.480 e. The molecule has 0 aromatic heterocycles. The van der Waals surface area contributed by atoms with E-state index in [4.69, 9.17) is 14.2 Å². The highest BCUT2D eigenvalue weighted by Crippen LogP contribution is 2.27. The van der Waals surface area contributed by atoms with Gasteiger partial charge in [0.1, 0.15) is 24.9 Å². The van der Waals surface area contributed by atoms with Crippen LogP contribution >= 0.6 is 0 Å². The Bertz CT molecular complexity index is 1110. The molecule has 0 unspecified atom stereocenters. The Kier molecular flexibility index (Phi) is 8.67. The lowest BCUT2D eigenvalue weighted by Crippen LogP contribution is -2.66. The number of amides is 1. The Morgan fingerprint density at radius 1 is 0.750 bits per heavy atom. The lowest BCUT2D eigenvalue weighted by molar-refractivity contribution is -0.191. The van der Waals surface area contributed by atoms with Crippen LogP contribution in [0.4, 0.5) is 4.79 Å². The number of aliphatic hydroxyl groups excluding tert-OH is 1. The first-order chi connectivity index (χ1) is 17.5. The summed E-state index contributed by atoms with van der Waals surface area (Å²) in [6.07, 6.45) is -4.15. The highest BCUT2D eigenvalue weighted by molar-refractivity contribution is 5.81. The van der Waals surface area contributed by atoms with Gasteiger partial charge in [0.2, 0.25) is 0 Å². The zero-order chi connectivity index (χ0) is 25.3. The van der Waals surface area contributed by atoms with E-state index in [-0.39, 0.29) is 26.4 Å². The van der Waals surface area contributed by atoms with Crippen LogP contribution in [0.3, 0.4) is 0 Å². The van der Waals surface area contributed by atoms with Gasteiger partial charge in [0.25, 0.3) is 0 Å². The first-order valence-electron chi connectivity index (χ1n) is 11.7. The van der Waals surface area contributed by atoms with Crippen molar-refractivity contribution in [3.63, 3.8) is 0 Å². The average molecular weight is 492 g/mol. The van der Waals surface area contributed by atoms with Gasteiger partial charge < -0.3 is 24.4 Å². The molecule has 0 spiro atoms. The number of ether oxygens (including phenoxy) is 3. The number of carboxylic acid groups (broad SMARTS) is 1. The monoisotopic (exact) mass is 491 g/mol. The molecular weight excluding hydrogens is 462 g/mol. The van der Waals surface area contributed by atoms with Gasteiger partial charge >= 0.3 is 12.1 Å². The third-order valence-electron chi connectivity index (χ3n) is 6.02. The van der Waals surface area contributed by atoms with Gasteiger partial charge in [-0.1, -0.05) is 91.0 Å². The first kappa shape index (κ1) is 25.4. The molecule has 4 atom stereocenters. The number of likely N-dealkylation sites (tertiary alicyclic amines) is 1. The standard InChI is InChI=1S/C28H29NO7/c30-25-24(27(31)32)29(28(33)36-19-22-14-8-3-9-15-22)16-23(34-17-20-10-4-1-5-11-20)26(25)35-18-21-12-6-2-7-13-21/h1-15,23-26,30H,16-19H2,(H,31,32)/t23-,24+,25+,26+/m0/s1. The van der Waals surface area contributed by atoms with Crippen LogP contribution < -0.4 is 0 Å². The van der Waals surface area contributed by atoms with E-state index in [9.17, 15) is 19.8 Å². The molecule has 4 rings (SSSR count). The molecule has 0 bridgehead atoms. The summed E-state index contributed by atoms with van der Waals surface area (Å²) in [6.45, 7) is 0.211. The van der Waals surface area contributed by atoms with Crippen LogP contribution in [-0.4, -0.2) is 58.1 Å². The predicted molar refractivity (Wildman–Crippen MR) is 131 cm³/mol. The van der Waals surface area contributed by atoms with E-state index >= 15 is 0 Å². The number of carboxylic acids is 1. The predicted octanol–water partition coefficient (Wildman–Crippen LogP) is 3.62. The summed E-state index contributed by atoms with van der Waals surface area (Å²) in [4.78, 5) is 26.1. The molecule has 1 aliphatic heterocycles. The van der Waals surface area contributed by atoms with Crippen molar-refractivity contribution in [3.05, 3.63) is 108 Å². The maximum atomic E-state index is 13.0. The molecule has 0 radical (unpaired) electrons. The van der Waals surface area contributed by atoms with Gasteiger partial charge in [0.15, 0.2) is 6.04 Å². The first-order valence-corrected chi connectivity index (χ1v) is 11.7. The van der Waals surface area contributed by atoms with Crippen LogP contribution in [0, 0.1) is 0 Å². The fourth-order valence-electron chi connectivity index (χ4n) is 4.16. The summed E-state index contributed by atoms with van der Waals surface area (Å²) in [5.74, 6) is -1.35. The van der Waals surface area contributed by atoms with E-state index in [0.717, 1.165) is 21.6 Å². The summed E-state index contributed by atoms with van der Waals surface area (Å²) in [6, 6.07) is 26.3. The molecule has 36 heavy (non-hydrogen) atoms. The molecule has 1 saturated heterocycles. The Hall–Kier alpha value is -3.72. The molecule has 8 heteroatoms. The van der Waals surface area contributed by atoms with E-state index in [1.807, 2.05) is 78.9 Å². The van der Waals surface area contributed by atoms with E-state index < -0.39 is 36.4 Å². The quantitative estimate of drug-likeness (QED) is 0.471. The topological polar surface area (TPSA) is 106 Å². The SMILES string of the molecule is O=C(O)[C@H]1[C@@H](O)[C@H](OCc2ccccc2)[C@@H](OCc2ccccc2)CN1C(=O)OCc1ccccc1. The lowest BCUT2D eigenvalue weighted by atomic mass is 9.93. The summed E-state index contributed by atoms with van der Waals surface area (Å²) in [7, 11) is 0. The maximum Gasteiger partial charge on any atom is 0.411 e. The second-order valence-corrected chi connectivity index (χ2v) is 8.56. The molecule has 3 aromatic rings. The van der Waals surface area contributed by atoms with Crippen molar-refractivity contribution in [2.45, 2.75) is 44.2 Å². The number of carbonyl (C=O) groups is 2. The Labute approximate surface area is 209 Å². The Morgan fingerprint density at radius 2 is 1.22 bits per heavy atom. The zero-order valence-corrected chi connectivity index (χ0v) is 19.7. The molecule has 3 aromatic carbocycles. The molecule has 188 valence electrons. The number of nitrogens with zero attached hydrogens (tertiary/aromatic N) is 1. The van der Waals surface area contributed by atoms with Gasteiger partial charge in [-0.25, -0.2) is 9.59 Å². The second-order valence-electron chi connectivity index (χ2n) is 8.56. The van der Waals surface area contributed by atoms with E-state index in [2.05, 4.69) is 0 Å². The van der Waals surface area contributed by atoms with Gasteiger partial charge in [0.05, 0.1) is 19.8 Å². The maximum absolute atomic E-state index is 13.0. The van der Waals surface area contributed by atoms with Crippen LogP contribution in [-0.2, 0) is 38.8 Å². The molecule has 8 nitrogen and oxygen atoms in total. The third kappa shape index (κ3) is 6.48. The Morgan fingerprint density at radius 3 is 1.72 bits per heavy atom. The fourth-order valence-corrected chi connectivity index (χ4v) is 4.16. The molecular formula is C28H29NO7. The molecule has 1 aliphatic rings. The molecule has 0 aliphatic carbocycles. The van der Waals surface area contributed by atoms with Crippen molar-refractivity contribution < 1.29 is 34.0 Å². The summed E-state index contributed by atoms with van der Waals surface area (Å²) < 4.78 is 17.5. The van der Waals surface area contributed by atoms with Crippen molar-refractivity contribution in [1.82, 2.24) is 4.90 Å². The summed E-state index contributed by atoms with van der Waals surface area (Å²) >= 11 is 0. The van der Waals surface area contributed by atoms with Crippen LogP contribution in [0.2, 0.25) is 0 Å². The fraction of sp³-hybridized carbons (Fsp3) is 0.286. The molecule has 1 fully saturated rings. The smallest absolute Gasteiger partial charge is 0.411 e. The molecule has 1 amide bonds. The Balaban J connectivity index is 1.52. The van der Waals surface area contributed by atoms with Gasteiger partial charge in [-0.2, -0.15) is 0 Å². The van der Waals surface area contributed by atoms with Gasteiger partial charge in [0, 0.05) is 0 Å². The van der Waals surface area contributed by atoms with Crippen LogP contribution in [0.5, 0.6) is 0 Å². The highest BCUT2D eigenvalue weighted by atomic mass is 16.6. The van der Waals surface area contributed by atoms with Gasteiger partial charge in [-0.05, 0) is 16.7 Å². The van der Waals surface area contributed by atoms with Crippen molar-refractivity contribution >= 4 is 12.1 Å². The van der Waals surface area contributed by atoms with Crippen LogP contribution in [0.1, 0.15) is 16.7 Å². The van der Waals surface area contributed by atoms with E-state index in [1.165, 1.54) is 0 Å². The van der Waals surface area contributed by atoms with Gasteiger partial charge in [-0.3, -0.25) is 4.90 Å². The van der Waals surface area contributed by atoms with E-state index in [1.54, 1.807) is 12.1 Å². The second kappa shape index (κ2) is 12.3. The summed E-state index contributed by atoms with van der Waals surface area (Å²) in [5.41, 5.74) is 2.52. The third-order valence-corrected chi connectivity index (χ3v) is 6.02.